The number of hydrogen-bond acceptors (Lipinski definition) is 4. The van der Waals surface area contributed by atoms with Gasteiger partial charge >= 0.3 is 0 Å². The molecule has 0 aromatic carbocycles. The van der Waals surface area contributed by atoms with Gasteiger partial charge in [-0.1, -0.05) is 11.6 Å². The molecule has 0 aliphatic carbocycles. The fraction of sp³-hybridized carbons (Fsp3) is 0.786. The smallest absolute Gasteiger partial charge is 0.152 e. The van der Waals surface area contributed by atoms with Crippen molar-refractivity contribution in [3.63, 3.8) is 0 Å². The highest BCUT2D eigenvalue weighted by Crippen LogP contribution is 2.27. The maximum Gasteiger partial charge on any atom is 0.152 e. The summed E-state index contributed by atoms with van der Waals surface area (Å²) in [5.41, 5.74) is 7.16. The minimum Gasteiger partial charge on any atom is -0.343 e. The molecule has 2 rings (SSSR count). The van der Waals surface area contributed by atoms with Crippen molar-refractivity contribution in [2.75, 3.05) is 32.7 Å². The van der Waals surface area contributed by atoms with Crippen LogP contribution in [0.4, 0.5) is 0 Å². The van der Waals surface area contributed by atoms with Crippen LogP contribution in [0.15, 0.2) is 0 Å². The molecule has 1 aliphatic rings. The van der Waals surface area contributed by atoms with Crippen LogP contribution >= 0.6 is 11.6 Å². The highest BCUT2D eigenvalue weighted by Gasteiger charge is 2.30. The van der Waals surface area contributed by atoms with Crippen molar-refractivity contribution in [3.05, 3.63) is 16.7 Å². The Labute approximate surface area is 126 Å². The zero-order chi connectivity index (χ0) is 14.9. The lowest BCUT2D eigenvalue weighted by Crippen LogP contribution is -2.54. The maximum absolute atomic E-state index is 6.20. The van der Waals surface area contributed by atoms with Crippen LogP contribution in [0.3, 0.4) is 0 Å². The predicted molar refractivity (Wildman–Crippen MR) is 83.0 cm³/mol. The molecule has 6 heteroatoms. The van der Waals surface area contributed by atoms with E-state index >= 15 is 0 Å². The first-order valence-corrected chi connectivity index (χ1v) is 7.62. The minimum absolute atomic E-state index is 0.130. The van der Waals surface area contributed by atoms with Crippen molar-refractivity contribution in [2.24, 2.45) is 5.73 Å². The van der Waals surface area contributed by atoms with Gasteiger partial charge in [0.2, 0.25) is 0 Å². The normalized spacial score (nSPS) is 20.3. The molecule has 5 nitrogen and oxygen atoms in total. The Hall–Kier alpha value is -0.620. The number of aromatic nitrogens is 2. The fourth-order valence-electron chi connectivity index (χ4n) is 2.86. The van der Waals surface area contributed by atoms with Gasteiger partial charge in [-0.15, -0.1) is 0 Å². The van der Waals surface area contributed by atoms with E-state index in [0.717, 1.165) is 37.7 Å². The van der Waals surface area contributed by atoms with E-state index in [4.69, 9.17) is 17.3 Å². The largest absolute Gasteiger partial charge is 0.343 e. The van der Waals surface area contributed by atoms with E-state index < -0.39 is 0 Å². The summed E-state index contributed by atoms with van der Waals surface area (Å²) in [4.78, 5) is 12.4. The third kappa shape index (κ3) is 3.34. The fourth-order valence-corrected chi connectivity index (χ4v) is 3.16. The average molecular weight is 300 g/mol. The van der Waals surface area contributed by atoms with E-state index in [-0.39, 0.29) is 11.6 Å². The summed E-state index contributed by atoms with van der Waals surface area (Å²) < 4.78 is 0. The van der Waals surface area contributed by atoms with Crippen LogP contribution < -0.4 is 5.73 Å². The molecule has 0 bridgehead atoms. The van der Waals surface area contributed by atoms with Crippen molar-refractivity contribution >= 4 is 11.6 Å². The number of rotatable bonds is 3. The van der Waals surface area contributed by atoms with Crippen LogP contribution in [0, 0.1) is 6.92 Å². The molecule has 1 saturated heterocycles. The van der Waals surface area contributed by atoms with Gasteiger partial charge in [0.05, 0.1) is 11.7 Å². The molecule has 0 radical (unpaired) electrons. The Morgan fingerprint density at radius 1 is 1.30 bits per heavy atom. The number of nitrogens with two attached hydrogens (primary N) is 1. The summed E-state index contributed by atoms with van der Waals surface area (Å²) in [5, 5.41) is 0.552. The maximum atomic E-state index is 6.20. The minimum atomic E-state index is 0.130. The van der Waals surface area contributed by atoms with Gasteiger partial charge in [0.1, 0.15) is 5.82 Å². The number of aryl methyl sites for hydroxylation is 1. The first-order valence-electron chi connectivity index (χ1n) is 7.24. The SMILES string of the molecule is Cc1nc(Cl)c(C(CN)N2CCN(C(C)(C)C)CC2)[nH]1. The molecule has 1 atom stereocenters. The van der Waals surface area contributed by atoms with E-state index in [2.05, 4.69) is 40.5 Å². The Kier molecular flexibility index (Phi) is 4.74. The summed E-state index contributed by atoms with van der Waals surface area (Å²) in [6, 6.07) is 0.130. The lowest BCUT2D eigenvalue weighted by Gasteiger charge is -2.44. The summed E-state index contributed by atoms with van der Waals surface area (Å²) in [7, 11) is 0. The number of nitrogens with one attached hydrogen (secondary N) is 1. The number of halogens is 1. The molecule has 2 heterocycles. The molecular formula is C14H26ClN5. The second kappa shape index (κ2) is 6.02. The van der Waals surface area contributed by atoms with Gasteiger partial charge in [0.25, 0.3) is 0 Å². The Bertz CT molecular complexity index is 443. The number of hydrogen-bond donors (Lipinski definition) is 2. The van der Waals surface area contributed by atoms with E-state index in [0.29, 0.717) is 11.7 Å². The first-order chi connectivity index (χ1) is 9.32. The zero-order valence-electron chi connectivity index (χ0n) is 12.9. The second-order valence-corrected chi connectivity index (χ2v) is 6.83. The van der Waals surface area contributed by atoms with Crippen LogP contribution in [0.1, 0.15) is 38.3 Å². The third-order valence-electron chi connectivity index (χ3n) is 4.06. The second-order valence-electron chi connectivity index (χ2n) is 6.47. The quantitative estimate of drug-likeness (QED) is 0.893. The first kappa shape index (κ1) is 15.8. The molecule has 20 heavy (non-hydrogen) atoms. The molecule has 1 aliphatic heterocycles. The lowest BCUT2D eigenvalue weighted by molar-refractivity contribution is 0.0426. The van der Waals surface area contributed by atoms with Crippen molar-refractivity contribution in [3.8, 4) is 0 Å². The number of imidazole rings is 1. The van der Waals surface area contributed by atoms with E-state index in [1.165, 1.54) is 0 Å². The van der Waals surface area contributed by atoms with Crippen LogP contribution in [0.25, 0.3) is 0 Å². The zero-order valence-corrected chi connectivity index (χ0v) is 13.7. The van der Waals surface area contributed by atoms with Crippen molar-refractivity contribution < 1.29 is 0 Å². The molecule has 1 fully saturated rings. The third-order valence-corrected chi connectivity index (χ3v) is 4.35. The van der Waals surface area contributed by atoms with E-state index in [1.807, 2.05) is 6.92 Å². The molecule has 114 valence electrons. The van der Waals surface area contributed by atoms with Crippen LogP contribution in [0.5, 0.6) is 0 Å². The highest BCUT2D eigenvalue weighted by atomic mass is 35.5. The summed E-state index contributed by atoms with van der Waals surface area (Å²) >= 11 is 6.20. The van der Waals surface area contributed by atoms with Gasteiger partial charge in [0.15, 0.2) is 5.15 Å². The molecule has 1 aromatic heterocycles. The molecule has 1 unspecified atom stereocenters. The topological polar surface area (TPSA) is 61.2 Å². The summed E-state index contributed by atoms with van der Waals surface area (Å²) in [5.74, 6) is 0.844. The number of H-pyrrole nitrogens is 1. The van der Waals surface area contributed by atoms with Crippen LogP contribution in [-0.2, 0) is 0 Å². The van der Waals surface area contributed by atoms with Gasteiger partial charge < -0.3 is 10.7 Å². The highest BCUT2D eigenvalue weighted by molar-refractivity contribution is 6.30. The molecule has 1 aromatic rings. The van der Waals surface area contributed by atoms with Crippen LogP contribution in [-0.4, -0.2) is 58.0 Å². The average Bonchev–Trinajstić information content (AvgIpc) is 2.69. The monoisotopic (exact) mass is 299 g/mol. The van der Waals surface area contributed by atoms with Crippen molar-refractivity contribution in [1.82, 2.24) is 19.8 Å². The molecule has 0 spiro atoms. The number of aromatic amines is 1. The predicted octanol–water partition coefficient (Wildman–Crippen LogP) is 1.79. The molecule has 3 N–H and O–H groups in total. The van der Waals surface area contributed by atoms with Gasteiger partial charge in [-0.2, -0.15) is 0 Å². The molecular weight excluding hydrogens is 274 g/mol. The van der Waals surface area contributed by atoms with E-state index in [1.54, 1.807) is 0 Å². The summed E-state index contributed by atoms with van der Waals surface area (Å²) in [6.07, 6.45) is 0. The Morgan fingerprint density at radius 3 is 2.30 bits per heavy atom. The van der Waals surface area contributed by atoms with Gasteiger partial charge in [-0.25, -0.2) is 4.98 Å². The Morgan fingerprint density at radius 2 is 1.90 bits per heavy atom. The van der Waals surface area contributed by atoms with Gasteiger partial charge in [-0.05, 0) is 27.7 Å². The lowest BCUT2D eigenvalue weighted by atomic mass is 10.0. The molecule has 0 amide bonds. The van der Waals surface area contributed by atoms with Gasteiger partial charge in [0, 0.05) is 38.3 Å². The summed E-state index contributed by atoms with van der Waals surface area (Å²) in [6.45, 7) is 13.4. The van der Waals surface area contributed by atoms with Crippen molar-refractivity contribution in [2.45, 2.75) is 39.3 Å². The van der Waals surface area contributed by atoms with Crippen LogP contribution in [0.2, 0.25) is 5.15 Å². The van der Waals surface area contributed by atoms with Gasteiger partial charge in [-0.3, -0.25) is 9.80 Å². The molecule has 0 saturated carbocycles. The van der Waals surface area contributed by atoms with E-state index in [9.17, 15) is 0 Å². The van der Waals surface area contributed by atoms with Crippen molar-refractivity contribution in [1.29, 1.82) is 0 Å². The Balaban J connectivity index is 2.06. The number of nitrogens with zero attached hydrogens (tertiary/aromatic N) is 3. The number of piperazine rings is 1. The standard InChI is InChI=1S/C14H26ClN5/c1-10-17-12(13(15)18-10)11(9-16)19-5-7-20(8-6-19)14(2,3)4/h11H,5-9,16H2,1-4H3,(H,17,18).